The molecule has 0 aliphatic rings. The van der Waals surface area contributed by atoms with E-state index in [1.54, 1.807) is 6.07 Å². The van der Waals surface area contributed by atoms with Crippen LogP contribution in [0.4, 0.5) is 4.39 Å². The van der Waals surface area contributed by atoms with Crippen molar-refractivity contribution >= 4 is 21.5 Å². The predicted octanol–water partition coefficient (Wildman–Crippen LogP) is 1.96. The van der Waals surface area contributed by atoms with Crippen LogP contribution in [0.25, 0.3) is 5.57 Å². The Labute approximate surface area is 78.4 Å². The van der Waals surface area contributed by atoms with Crippen LogP contribution >= 0.6 is 15.9 Å². The highest BCUT2D eigenvalue weighted by atomic mass is 79.9. The summed E-state index contributed by atoms with van der Waals surface area (Å²) in [6, 6.07) is 1.61. The molecule has 0 aliphatic carbocycles. The van der Waals surface area contributed by atoms with Gasteiger partial charge in [-0.2, -0.15) is 4.39 Å². The lowest BCUT2D eigenvalue weighted by molar-refractivity contribution is 0.579. The third-order valence-corrected chi connectivity index (χ3v) is 1.87. The number of nitrogens with zero attached hydrogens (tertiary/aromatic N) is 1. The van der Waals surface area contributed by atoms with Gasteiger partial charge in [0.05, 0.1) is 0 Å². The molecule has 0 unspecified atom stereocenters. The fraction of sp³-hybridized carbons (Fsp3) is 0.125. The van der Waals surface area contributed by atoms with Gasteiger partial charge in [0.1, 0.15) is 0 Å². The molecule has 0 bridgehead atoms. The summed E-state index contributed by atoms with van der Waals surface area (Å²) in [5.74, 6) is -0.534. The van der Waals surface area contributed by atoms with E-state index in [2.05, 4.69) is 27.5 Å². The topological polar surface area (TPSA) is 38.9 Å². The van der Waals surface area contributed by atoms with Crippen molar-refractivity contribution in [1.82, 2.24) is 4.98 Å². The van der Waals surface area contributed by atoms with Crippen molar-refractivity contribution in [2.45, 2.75) is 0 Å². The third kappa shape index (κ3) is 1.89. The van der Waals surface area contributed by atoms with Crippen molar-refractivity contribution in [2.75, 3.05) is 6.54 Å². The molecule has 0 fully saturated rings. The number of nitrogens with two attached hydrogens (primary N) is 1. The normalized spacial score (nSPS) is 9.92. The molecule has 2 nitrogen and oxygen atoms in total. The minimum atomic E-state index is -0.534. The maximum Gasteiger partial charge on any atom is 0.220 e. The lowest BCUT2D eigenvalue weighted by Crippen LogP contribution is -2.03. The molecule has 0 aromatic carbocycles. The van der Waals surface area contributed by atoms with Crippen LogP contribution in [0.5, 0.6) is 0 Å². The van der Waals surface area contributed by atoms with Gasteiger partial charge < -0.3 is 5.73 Å². The number of rotatable bonds is 2. The molecule has 12 heavy (non-hydrogen) atoms. The van der Waals surface area contributed by atoms with Gasteiger partial charge in [-0.3, -0.25) is 0 Å². The molecule has 1 aromatic rings. The Bertz CT molecular complexity index is 312. The van der Waals surface area contributed by atoms with Crippen LogP contribution < -0.4 is 5.73 Å². The summed E-state index contributed by atoms with van der Waals surface area (Å²) in [5.41, 5.74) is 6.22. The first-order chi connectivity index (χ1) is 5.65. The second-order valence-electron chi connectivity index (χ2n) is 2.30. The molecule has 0 amide bonds. The van der Waals surface area contributed by atoms with Crippen molar-refractivity contribution in [3.63, 3.8) is 0 Å². The first-order valence-corrected chi connectivity index (χ1v) is 4.13. The molecule has 0 saturated heterocycles. The zero-order chi connectivity index (χ0) is 9.14. The van der Waals surface area contributed by atoms with Crippen LogP contribution in [0, 0.1) is 5.95 Å². The summed E-state index contributed by atoms with van der Waals surface area (Å²) in [4.78, 5) is 3.52. The van der Waals surface area contributed by atoms with E-state index in [-0.39, 0.29) is 6.54 Å². The molecular formula is C8H8BrFN2. The Morgan fingerprint density at radius 3 is 3.00 bits per heavy atom. The van der Waals surface area contributed by atoms with E-state index in [9.17, 15) is 4.39 Å². The van der Waals surface area contributed by atoms with E-state index in [0.29, 0.717) is 15.6 Å². The average Bonchev–Trinajstić information content (AvgIpc) is 2.08. The molecule has 0 radical (unpaired) electrons. The van der Waals surface area contributed by atoms with Crippen molar-refractivity contribution in [3.05, 3.63) is 34.8 Å². The van der Waals surface area contributed by atoms with Crippen LogP contribution in [-0.2, 0) is 0 Å². The summed E-state index contributed by atoms with van der Waals surface area (Å²) >= 11 is 3.18. The van der Waals surface area contributed by atoms with Gasteiger partial charge >= 0.3 is 0 Å². The van der Waals surface area contributed by atoms with Gasteiger partial charge in [0.15, 0.2) is 0 Å². The Kier molecular flexibility index (Phi) is 2.94. The smallest absolute Gasteiger partial charge is 0.220 e. The van der Waals surface area contributed by atoms with Gasteiger partial charge in [-0.05, 0) is 27.6 Å². The number of halogens is 2. The lowest BCUT2D eigenvalue weighted by Gasteiger charge is -2.03. The fourth-order valence-electron chi connectivity index (χ4n) is 0.780. The predicted molar refractivity (Wildman–Crippen MR) is 50.0 cm³/mol. The quantitative estimate of drug-likeness (QED) is 0.790. The summed E-state index contributed by atoms with van der Waals surface area (Å²) in [7, 11) is 0. The lowest BCUT2D eigenvalue weighted by atomic mass is 10.1. The molecule has 0 aliphatic heterocycles. The van der Waals surface area contributed by atoms with Crippen molar-refractivity contribution in [3.8, 4) is 0 Å². The molecule has 1 heterocycles. The minimum absolute atomic E-state index is 0.231. The molecule has 0 saturated carbocycles. The zero-order valence-corrected chi connectivity index (χ0v) is 7.94. The van der Waals surface area contributed by atoms with Crippen LogP contribution in [0.1, 0.15) is 5.56 Å². The van der Waals surface area contributed by atoms with Gasteiger partial charge in [-0.25, -0.2) is 4.98 Å². The number of pyridine rings is 1. The van der Waals surface area contributed by atoms with Crippen LogP contribution in [0.3, 0.4) is 0 Å². The van der Waals surface area contributed by atoms with E-state index in [4.69, 9.17) is 5.73 Å². The molecule has 1 aromatic heterocycles. The second kappa shape index (κ2) is 3.78. The van der Waals surface area contributed by atoms with Crippen LogP contribution in [-0.4, -0.2) is 11.5 Å². The van der Waals surface area contributed by atoms with E-state index >= 15 is 0 Å². The SMILES string of the molecule is C=C(CN)c1cc(Br)cnc1F. The summed E-state index contributed by atoms with van der Waals surface area (Å²) in [5, 5.41) is 0. The monoisotopic (exact) mass is 230 g/mol. The molecule has 64 valence electrons. The number of aromatic nitrogens is 1. The van der Waals surface area contributed by atoms with Crippen LogP contribution in [0.2, 0.25) is 0 Å². The summed E-state index contributed by atoms with van der Waals surface area (Å²) < 4.78 is 13.7. The highest BCUT2D eigenvalue weighted by molar-refractivity contribution is 9.10. The highest BCUT2D eigenvalue weighted by Gasteiger charge is 2.05. The maximum atomic E-state index is 13.0. The first kappa shape index (κ1) is 9.35. The third-order valence-electron chi connectivity index (χ3n) is 1.43. The maximum absolute atomic E-state index is 13.0. The molecular weight excluding hydrogens is 223 g/mol. The Morgan fingerprint density at radius 2 is 2.42 bits per heavy atom. The Hall–Kier alpha value is -0.740. The summed E-state index contributed by atoms with van der Waals surface area (Å²) in [6.45, 7) is 3.85. The summed E-state index contributed by atoms with van der Waals surface area (Å²) in [6.07, 6.45) is 1.39. The van der Waals surface area contributed by atoms with Crippen LogP contribution in [0.15, 0.2) is 23.3 Å². The van der Waals surface area contributed by atoms with Gasteiger partial charge in [0.25, 0.3) is 0 Å². The van der Waals surface area contributed by atoms with Crippen molar-refractivity contribution in [1.29, 1.82) is 0 Å². The average molecular weight is 231 g/mol. The first-order valence-electron chi connectivity index (χ1n) is 3.34. The largest absolute Gasteiger partial charge is 0.326 e. The molecule has 4 heteroatoms. The minimum Gasteiger partial charge on any atom is -0.326 e. The Balaban J connectivity index is 3.13. The van der Waals surface area contributed by atoms with Gasteiger partial charge in [-0.15, -0.1) is 0 Å². The molecule has 2 N–H and O–H groups in total. The fourth-order valence-corrected chi connectivity index (χ4v) is 1.11. The molecule has 0 atom stereocenters. The van der Waals surface area contributed by atoms with Gasteiger partial charge in [0, 0.05) is 22.8 Å². The molecule has 0 spiro atoms. The zero-order valence-electron chi connectivity index (χ0n) is 6.35. The standard InChI is InChI=1S/C8H8BrFN2/c1-5(3-11)7-2-6(9)4-12-8(7)10/h2,4H,1,3,11H2. The number of hydrogen-bond acceptors (Lipinski definition) is 2. The van der Waals surface area contributed by atoms with E-state index in [0.717, 1.165) is 0 Å². The van der Waals surface area contributed by atoms with Gasteiger partial charge in [-0.1, -0.05) is 6.58 Å². The highest BCUT2D eigenvalue weighted by Crippen LogP contribution is 2.18. The van der Waals surface area contributed by atoms with E-state index in [1.165, 1.54) is 6.20 Å². The van der Waals surface area contributed by atoms with Crippen molar-refractivity contribution < 1.29 is 4.39 Å². The van der Waals surface area contributed by atoms with Gasteiger partial charge in [0.2, 0.25) is 5.95 Å². The van der Waals surface area contributed by atoms with E-state index < -0.39 is 5.95 Å². The Morgan fingerprint density at radius 1 is 1.75 bits per heavy atom. The number of hydrogen-bond donors (Lipinski definition) is 1. The molecule has 1 rings (SSSR count). The second-order valence-corrected chi connectivity index (χ2v) is 3.22. The van der Waals surface area contributed by atoms with Crippen molar-refractivity contribution in [2.24, 2.45) is 5.73 Å². The van der Waals surface area contributed by atoms with E-state index in [1.807, 2.05) is 0 Å².